The number of hydrogen-bond acceptors (Lipinski definition) is 6. The fourth-order valence-electron chi connectivity index (χ4n) is 1.46. The molecule has 0 unspecified atom stereocenters. The van der Waals surface area contributed by atoms with E-state index >= 15 is 0 Å². The van der Waals surface area contributed by atoms with Crippen LogP contribution < -0.4 is 10.5 Å². The number of ether oxygens (including phenoxy) is 1. The molecule has 19 heavy (non-hydrogen) atoms. The van der Waals surface area contributed by atoms with Gasteiger partial charge >= 0.3 is 11.6 Å². The summed E-state index contributed by atoms with van der Waals surface area (Å²) >= 11 is 5.74. The van der Waals surface area contributed by atoms with Crippen molar-refractivity contribution in [3.8, 4) is 11.6 Å². The molecule has 0 atom stereocenters. The highest BCUT2D eigenvalue weighted by Crippen LogP contribution is 2.32. The van der Waals surface area contributed by atoms with Gasteiger partial charge in [-0.2, -0.15) is 4.98 Å². The fourth-order valence-corrected chi connectivity index (χ4v) is 1.58. The first-order chi connectivity index (χ1) is 8.97. The van der Waals surface area contributed by atoms with E-state index in [1.807, 2.05) is 0 Å². The minimum Gasteiger partial charge on any atom is -0.434 e. The Hall–Kier alpha value is -2.41. The van der Waals surface area contributed by atoms with Gasteiger partial charge < -0.3 is 10.5 Å². The van der Waals surface area contributed by atoms with Crippen LogP contribution in [0.25, 0.3) is 0 Å². The summed E-state index contributed by atoms with van der Waals surface area (Å²) in [5, 5.41) is 11.5. The molecule has 0 saturated carbocycles. The largest absolute Gasteiger partial charge is 0.434 e. The lowest BCUT2D eigenvalue weighted by Gasteiger charge is -2.07. The van der Waals surface area contributed by atoms with Crippen molar-refractivity contribution in [1.29, 1.82) is 0 Å². The van der Waals surface area contributed by atoms with Gasteiger partial charge in [-0.25, -0.2) is 4.98 Å². The van der Waals surface area contributed by atoms with Crippen LogP contribution in [0.5, 0.6) is 11.6 Å². The third kappa shape index (κ3) is 2.89. The van der Waals surface area contributed by atoms with Gasteiger partial charge in [0.1, 0.15) is 11.4 Å². The molecule has 0 amide bonds. The number of anilines is 1. The minimum atomic E-state index is -0.611. The van der Waals surface area contributed by atoms with Crippen LogP contribution in [-0.2, 0) is 0 Å². The van der Waals surface area contributed by atoms with Crippen LogP contribution in [0.4, 0.5) is 11.6 Å². The van der Waals surface area contributed by atoms with Gasteiger partial charge in [-0.1, -0.05) is 11.6 Å². The second kappa shape index (κ2) is 5.07. The van der Waals surface area contributed by atoms with E-state index < -0.39 is 4.92 Å². The lowest BCUT2D eigenvalue weighted by atomic mass is 10.3. The van der Waals surface area contributed by atoms with Gasteiger partial charge in [0.25, 0.3) is 0 Å². The molecule has 0 spiro atoms. The van der Waals surface area contributed by atoms with Gasteiger partial charge in [0.2, 0.25) is 5.95 Å². The average molecular weight is 281 g/mol. The van der Waals surface area contributed by atoms with Crippen molar-refractivity contribution < 1.29 is 9.66 Å². The van der Waals surface area contributed by atoms with E-state index in [1.165, 1.54) is 6.92 Å². The van der Waals surface area contributed by atoms with Crippen molar-refractivity contribution in [2.24, 2.45) is 0 Å². The van der Waals surface area contributed by atoms with Crippen molar-refractivity contribution in [1.82, 2.24) is 9.97 Å². The minimum absolute atomic E-state index is 0.0907. The van der Waals surface area contributed by atoms with Crippen molar-refractivity contribution in [2.75, 3.05) is 5.73 Å². The molecular formula is C11H9ClN4O3. The topological polar surface area (TPSA) is 104 Å². The van der Waals surface area contributed by atoms with E-state index in [9.17, 15) is 10.1 Å². The number of nitrogen functional groups attached to an aromatic ring is 1. The predicted octanol–water partition coefficient (Wildman–Crippen LogP) is 2.72. The normalized spacial score (nSPS) is 10.2. The molecule has 7 nitrogen and oxygen atoms in total. The van der Waals surface area contributed by atoms with Crippen LogP contribution >= 0.6 is 11.6 Å². The van der Waals surface area contributed by atoms with Gasteiger partial charge in [0.15, 0.2) is 0 Å². The summed E-state index contributed by atoms with van der Waals surface area (Å²) in [6.07, 6.45) is 0. The van der Waals surface area contributed by atoms with Crippen molar-refractivity contribution >= 4 is 23.2 Å². The predicted molar refractivity (Wildman–Crippen MR) is 69.4 cm³/mol. The summed E-state index contributed by atoms with van der Waals surface area (Å²) in [4.78, 5) is 17.8. The lowest BCUT2D eigenvalue weighted by molar-refractivity contribution is -0.386. The maximum absolute atomic E-state index is 11.0. The molecule has 0 saturated heterocycles. The molecule has 0 radical (unpaired) electrons. The number of rotatable bonds is 3. The molecule has 1 aromatic carbocycles. The van der Waals surface area contributed by atoms with Gasteiger partial charge in [-0.15, -0.1) is 0 Å². The van der Waals surface area contributed by atoms with Crippen molar-refractivity contribution in [2.45, 2.75) is 6.92 Å². The first kappa shape index (κ1) is 13.0. The number of hydrogen-bond donors (Lipinski definition) is 1. The number of halogens is 1. The number of aryl methyl sites for hydroxylation is 1. The summed E-state index contributed by atoms with van der Waals surface area (Å²) in [5.74, 6) is 0.0781. The number of nitrogens with zero attached hydrogens (tertiary/aromatic N) is 3. The van der Waals surface area contributed by atoms with E-state index in [4.69, 9.17) is 22.1 Å². The molecule has 2 rings (SSSR count). The molecule has 2 aromatic rings. The van der Waals surface area contributed by atoms with Crippen molar-refractivity contribution in [3.05, 3.63) is 45.1 Å². The maximum Gasteiger partial charge on any atom is 0.352 e. The smallest absolute Gasteiger partial charge is 0.352 e. The highest BCUT2D eigenvalue weighted by atomic mass is 35.5. The summed E-state index contributed by atoms with van der Waals surface area (Å²) < 4.78 is 5.36. The second-order valence-electron chi connectivity index (χ2n) is 3.63. The van der Waals surface area contributed by atoms with Crippen molar-refractivity contribution in [3.63, 3.8) is 0 Å². The third-order valence-electron chi connectivity index (χ3n) is 2.25. The highest BCUT2D eigenvalue weighted by molar-refractivity contribution is 6.30. The number of nitrogens with two attached hydrogens (primary N) is 1. The SMILES string of the molecule is Cc1nc(N)nc(Oc2ccc(Cl)cc2)c1[N+](=O)[O-]. The number of aromatic nitrogens is 2. The Bertz CT molecular complexity index is 631. The van der Waals surface area contributed by atoms with Crippen LogP contribution in [-0.4, -0.2) is 14.9 Å². The molecule has 0 bridgehead atoms. The van der Waals surface area contributed by atoms with Gasteiger partial charge in [0.05, 0.1) is 4.92 Å². The van der Waals surface area contributed by atoms with E-state index in [0.717, 1.165) is 0 Å². The third-order valence-corrected chi connectivity index (χ3v) is 2.51. The molecule has 0 fully saturated rings. The standard InChI is InChI=1S/C11H9ClN4O3/c1-6-9(16(17)18)10(15-11(13)14-6)19-8-4-2-7(12)3-5-8/h2-5H,1H3,(H2,13,14,15). The van der Waals surface area contributed by atoms with Crippen LogP contribution in [0.2, 0.25) is 5.02 Å². The van der Waals surface area contributed by atoms with Gasteiger partial charge in [-0.3, -0.25) is 10.1 Å². The monoisotopic (exact) mass is 280 g/mol. The Kier molecular flexibility index (Phi) is 3.48. The Morgan fingerprint density at radius 3 is 2.53 bits per heavy atom. The first-order valence-electron chi connectivity index (χ1n) is 5.19. The van der Waals surface area contributed by atoms with E-state index in [2.05, 4.69) is 9.97 Å². The number of nitro groups is 1. The molecule has 0 aliphatic rings. The number of benzene rings is 1. The van der Waals surface area contributed by atoms with Crippen LogP contribution in [0, 0.1) is 17.0 Å². The second-order valence-corrected chi connectivity index (χ2v) is 4.07. The van der Waals surface area contributed by atoms with E-state index in [1.54, 1.807) is 24.3 Å². The Labute approximate surface area is 113 Å². The zero-order valence-corrected chi connectivity index (χ0v) is 10.6. The van der Waals surface area contributed by atoms with Gasteiger partial charge in [-0.05, 0) is 31.2 Å². The summed E-state index contributed by atoms with van der Waals surface area (Å²) in [7, 11) is 0. The fraction of sp³-hybridized carbons (Fsp3) is 0.0909. The molecule has 0 aliphatic carbocycles. The highest BCUT2D eigenvalue weighted by Gasteiger charge is 2.23. The van der Waals surface area contributed by atoms with E-state index in [-0.39, 0.29) is 23.2 Å². The Morgan fingerprint density at radius 1 is 1.32 bits per heavy atom. The van der Waals surface area contributed by atoms with E-state index in [0.29, 0.717) is 10.8 Å². The molecule has 98 valence electrons. The zero-order valence-electron chi connectivity index (χ0n) is 9.83. The summed E-state index contributed by atoms with van der Waals surface area (Å²) in [6.45, 7) is 1.46. The quantitative estimate of drug-likeness (QED) is 0.684. The lowest BCUT2D eigenvalue weighted by Crippen LogP contribution is -2.04. The molecule has 0 aliphatic heterocycles. The Balaban J connectivity index is 2.44. The maximum atomic E-state index is 11.0. The summed E-state index contributed by atoms with van der Waals surface area (Å²) in [6, 6.07) is 6.33. The summed E-state index contributed by atoms with van der Waals surface area (Å²) in [5.41, 5.74) is 5.28. The molecule has 8 heteroatoms. The molecular weight excluding hydrogens is 272 g/mol. The van der Waals surface area contributed by atoms with Crippen LogP contribution in [0.1, 0.15) is 5.69 Å². The van der Waals surface area contributed by atoms with Crippen LogP contribution in [0.15, 0.2) is 24.3 Å². The van der Waals surface area contributed by atoms with Crippen LogP contribution in [0.3, 0.4) is 0 Å². The zero-order chi connectivity index (χ0) is 14.0. The first-order valence-corrected chi connectivity index (χ1v) is 5.57. The Morgan fingerprint density at radius 2 is 1.95 bits per heavy atom. The molecule has 2 N–H and O–H groups in total. The molecule has 1 heterocycles. The molecule has 1 aromatic heterocycles. The van der Waals surface area contributed by atoms with Gasteiger partial charge in [0, 0.05) is 5.02 Å². The average Bonchev–Trinajstić information content (AvgIpc) is 2.30.